The van der Waals surface area contributed by atoms with E-state index >= 15 is 0 Å². The van der Waals surface area contributed by atoms with Crippen LogP contribution in [0.2, 0.25) is 5.02 Å². The van der Waals surface area contributed by atoms with Gasteiger partial charge in [0.05, 0.1) is 0 Å². The van der Waals surface area contributed by atoms with Crippen LogP contribution in [0.25, 0.3) is 0 Å². The molecule has 1 N–H and O–H groups in total. The highest BCUT2D eigenvalue weighted by Gasteiger charge is 2.38. The van der Waals surface area contributed by atoms with Crippen molar-refractivity contribution < 1.29 is 9.84 Å². The Morgan fingerprint density at radius 2 is 1.95 bits per heavy atom. The maximum Gasteiger partial charge on any atom is 0.131 e. The lowest BCUT2D eigenvalue weighted by molar-refractivity contribution is 0.0508. The van der Waals surface area contributed by atoms with Crippen molar-refractivity contribution in [2.75, 3.05) is 20.6 Å². The number of halogens is 1. The van der Waals surface area contributed by atoms with Gasteiger partial charge in [-0.2, -0.15) is 0 Å². The molecule has 21 heavy (non-hydrogen) atoms. The summed E-state index contributed by atoms with van der Waals surface area (Å²) in [7, 11) is 3.88. The van der Waals surface area contributed by atoms with Gasteiger partial charge in [-0.1, -0.05) is 35.9 Å². The van der Waals surface area contributed by atoms with E-state index < -0.39 is 5.60 Å². The van der Waals surface area contributed by atoms with Crippen LogP contribution in [0.15, 0.2) is 42.5 Å². The predicted molar refractivity (Wildman–Crippen MR) is 83.8 cm³/mol. The normalized spacial score (nSPS) is 20.4. The van der Waals surface area contributed by atoms with E-state index in [1.54, 1.807) is 12.1 Å². The lowest BCUT2D eigenvalue weighted by Crippen LogP contribution is -2.39. The van der Waals surface area contributed by atoms with Gasteiger partial charge < -0.3 is 14.7 Å². The molecule has 0 amide bonds. The molecular formula is C17H18ClNO2. The van der Waals surface area contributed by atoms with Crippen LogP contribution in [0.5, 0.6) is 5.75 Å². The summed E-state index contributed by atoms with van der Waals surface area (Å²) in [5.74, 6) is 0.681. The van der Waals surface area contributed by atoms with Crippen LogP contribution >= 0.6 is 11.6 Å². The molecule has 1 aliphatic heterocycles. The molecule has 0 bridgehead atoms. The zero-order valence-electron chi connectivity index (χ0n) is 12.1. The molecule has 4 heteroatoms. The number of ether oxygens (including phenoxy) is 1. The highest BCUT2D eigenvalue weighted by Crippen LogP contribution is 2.41. The van der Waals surface area contributed by atoms with E-state index in [2.05, 4.69) is 0 Å². The zero-order valence-corrected chi connectivity index (χ0v) is 12.9. The van der Waals surface area contributed by atoms with Gasteiger partial charge in [0.2, 0.25) is 0 Å². The van der Waals surface area contributed by atoms with Gasteiger partial charge >= 0.3 is 0 Å². The number of aliphatic hydroxyl groups is 1. The summed E-state index contributed by atoms with van der Waals surface area (Å²) in [4.78, 5) is 1.97. The molecule has 2 aromatic rings. The molecule has 1 atom stereocenters. The third-order valence-corrected chi connectivity index (χ3v) is 4.01. The Bertz CT molecular complexity index is 672. The van der Waals surface area contributed by atoms with Gasteiger partial charge in [0.15, 0.2) is 0 Å². The highest BCUT2D eigenvalue weighted by atomic mass is 35.5. The van der Waals surface area contributed by atoms with Crippen LogP contribution < -0.4 is 4.74 Å². The van der Waals surface area contributed by atoms with Crippen molar-refractivity contribution >= 4 is 11.6 Å². The quantitative estimate of drug-likeness (QED) is 0.925. The van der Waals surface area contributed by atoms with Crippen LogP contribution in [0.4, 0.5) is 0 Å². The molecule has 0 aliphatic carbocycles. The van der Waals surface area contributed by atoms with Crippen LogP contribution in [0.3, 0.4) is 0 Å². The van der Waals surface area contributed by atoms with E-state index in [-0.39, 0.29) is 0 Å². The highest BCUT2D eigenvalue weighted by molar-refractivity contribution is 6.30. The summed E-state index contributed by atoms with van der Waals surface area (Å²) in [6, 6.07) is 13.2. The fourth-order valence-electron chi connectivity index (χ4n) is 2.93. The third kappa shape index (κ3) is 2.53. The Morgan fingerprint density at radius 1 is 1.19 bits per heavy atom. The van der Waals surface area contributed by atoms with Gasteiger partial charge in [0.25, 0.3) is 0 Å². The standard InChI is InChI=1S/C17H18ClNO2/c1-19(2)11-17(20)14-6-4-3-5-12(14)10-21-16-8-7-13(18)9-15(16)17/h3-9,20H,10-11H2,1-2H3. The Balaban J connectivity index is 2.26. The lowest BCUT2D eigenvalue weighted by Gasteiger charge is -2.32. The first-order valence-electron chi connectivity index (χ1n) is 6.89. The molecule has 3 nitrogen and oxygen atoms in total. The number of benzene rings is 2. The maximum absolute atomic E-state index is 11.5. The van der Waals surface area contributed by atoms with Crippen LogP contribution in [0, 0.1) is 0 Å². The minimum absolute atomic E-state index is 0.445. The Hall–Kier alpha value is -1.55. The van der Waals surface area contributed by atoms with Crippen LogP contribution in [0.1, 0.15) is 16.7 Å². The van der Waals surface area contributed by atoms with E-state index in [9.17, 15) is 5.11 Å². The molecule has 1 unspecified atom stereocenters. The van der Waals surface area contributed by atoms with Crippen molar-refractivity contribution in [1.29, 1.82) is 0 Å². The minimum Gasteiger partial charge on any atom is -0.488 e. The van der Waals surface area contributed by atoms with Crippen LogP contribution in [-0.2, 0) is 12.2 Å². The second-order valence-corrected chi connectivity index (χ2v) is 6.12. The summed E-state index contributed by atoms with van der Waals surface area (Å²) >= 11 is 6.14. The minimum atomic E-state index is -1.14. The fraction of sp³-hybridized carbons (Fsp3) is 0.294. The van der Waals surface area contributed by atoms with Gasteiger partial charge in [-0.05, 0) is 43.4 Å². The number of hydrogen-bond donors (Lipinski definition) is 1. The third-order valence-electron chi connectivity index (χ3n) is 3.78. The largest absolute Gasteiger partial charge is 0.488 e. The van der Waals surface area contributed by atoms with Gasteiger partial charge in [-0.25, -0.2) is 0 Å². The molecule has 0 radical (unpaired) electrons. The van der Waals surface area contributed by atoms with Crippen molar-refractivity contribution in [1.82, 2.24) is 4.90 Å². The van der Waals surface area contributed by atoms with Crippen molar-refractivity contribution in [3.8, 4) is 5.75 Å². The first kappa shape index (κ1) is 14.4. The number of fused-ring (bicyclic) bond motifs is 2. The molecular weight excluding hydrogens is 286 g/mol. The summed E-state index contributed by atoms with van der Waals surface area (Å²) < 4.78 is 5.87. The summed E-state index contributed by atoms with van der Waals surface area (Å²) in [5, 5.41) is 12.1. The van der Waals surface area contributed by atoms with Crippen molar-refractivity contribution in [3.05, 3.63) is 64.2 Å². The van der Waals surface area contributed by atoms with Gasteiger partial charge in [0.1, 0.15) is 18.0 Å². The molecule has 0 aromatic heterocycles. The number of likely N-dealkylation sites (N-methyl/N-ethyl adjacent to an activating group) is 1. The number of nitrogens with zero attached hydrogens (tertiary/aromatic N) is 1. The predicted octanol–water partition coefficient (Wildman–Crippen LogP) is 3.03. The van der Waals surface area contributed by atoms with E-state index in [0.717, 1.165) is 11.1 Å². The summed E-state index contributed by atoms with van der Waals surface area (Å²) in [6.45, 7) is 0.904. The monoisotopic (exact) mass is 303 g/mol. The average molecular weight is 304 g/mol. The van der Waals surface area contributed by atoms with Gasteiger partial charge in [-0.3, -0.25) is 0 Å². The van der Waals surface area contributed by atoms with E-state index in [0.29, 0.717) is 29.5 Å². The van der Waals surface area contributed by atoms with E-state index in [4.69, 9.17) is 16.3 Å². The number of hydrogen-bond acceptors (Lipinski definition) is 3. The zero-order chi connectivity index (χ0) is 15.0. The molecule has 0 spiro atoms. The molecule has 2 aromatic carbocycles. The first-order valence-corrected chi connectivity index (χ1v) is 7.27. The van der Waals surface area contributed by atoms with E-state index in [1.165, 1.54) is 0 Å². The topological polar surface area (TPSA) is 32.7 Å². The summed E-state index contributed by atoms with van der Waals surface area (Å²) in [5.41, 5.74) is 1.44. The summed E-state index contributed by atoms with van der Waals surface area (Å²) in [6.07, 6.45) is 0. The number of rotatable bonds is 2. The van der Waals surface area contributed by atoms with Crippen molar-refractivity contribution in [2.24, 2.45) is 0 Å². The molecule has 0 saturated carbocycles. The second-order valence-electron chi connectivity index (χ2n) is 5.68. The van der Waals surface area contributed by atoms with Crippen molar-refractivity contribution in [2.45, 2.75) is 12.2 Å². The van der Waals surface area contributed by atoms with Gasteiger partial charge in [-0.15, -0.1) is 0 Å². The maximum atomic E-state index is 11.5. The molecule has 1 heterocycles. The van der Waals surface area contributed by atoms with Crippen LogP contribution in [-0.4, -0.2) is 30.6 Å². The lowest BCUT2D eigenvalue weighted by atomic mass is 9.83. The smallest absolute Gasteiger partial charge is 0.131 e. The Labute approximate surface area is 129 Å². The van der Waals surface area contributed by atoms with Crippen molar-refractivity contribution in [3.63, 3.8) is 0 Å². The Morgan fingerprint density at radius 3 is 2.71 bits per heavy atom. The molecule has 0 saturated heterocycles. The average Bonchev–Trinajstić information content (AvgIpc) is 2.55. The fourth-order valence-corrected chi connectivity index (χ4v) is 3.10. The van der Waals surface area contributed by atoms with Gasteiger partial charge in [0, 0.05) is 17.1 Å². The SMILES string of the molecule is CN(C)CC1(O)c2ccccc2COc2ccc(Cl)cc21. The Kier molecular flexibility index (Phi) is 3.66. The molecule has 0 fully saturated rings. The first-order chi connectivity index (χ1) is 10.0. The molecule has 3 rings (SSSR count). The second kappa shape index (κ2) is 5.34. The van der Waals surface area contributed by atoms with E-state index in [1.807, 2.05) is 49.3 Å². The molecule has 1 aliphatic rings. The molecule has 110 valence electrons.